The Morgan fingerprint density at radius 1 is 1.33 bits per heavy atom. The highest BCUT2D eigenvalue weighted by molar-refractivity contribution is 7.99. The predicted octanol–water partition coefficient (Wildman–Crippen LogP) is 3.13. The van der Waals surface area contributed by atoms with Gasteiger partial charge in [0.1, 0.15) is 17.3 Å². The lowest BCUT2D eigenvalue weighted by Gasteiger charge is -2.12. The molecule has 0 saturated carbocycles. The molecular weight excluding hydrogens is 216 g/mol. The normalized spacial score (nSPS) is 20.5. The highest BCUT2D eigenvalue weighted by atomic mass is 32.2. The van der Waals surface area contributed by atoms with Gasteiger partial charge < -0.3 is 5.32 Å². The molecule has 1 aliphatic rings. The monoisotopic (exact) mass is 229 g/mol. The Hall–Kier alpha value is -0.770. The van der Waals surface area contributed by atoms with E-state index >= 15 is 0 Å². The number of hydrogen-bond donors (Lipinski definition) is 1. The van der Waals surface area contributed by atoms with E-state index in [1.807, 2.05) is 11.8 Å². The van der Waals surface area contributed by atoms with Crippen molar-refractivity contribution in [2.45, 2.75) is 6.42 Å². The Kier molecular flexibility index (Phi) is 3.46. The van der Waals surface area contributed by atoms with Gasteiger partial charge in [-0.25, -0.2) is 8.78 Å². The molecule has 1 N–H and O–H groups in total. The van der Waals surface area contributed by atoms with Crippen molar-refractivity contribution in [2.75, 3.05) is 23.4 Å². The summed E-state index contributed by atoms with van der Waals surface area (Å²) in [7, 11) is 0. The Bertz CT molecular complexity index is 317. The van der Waals surface area contributed by atoms with Crippen LogP contribution in [0.5, 0.6) is 0 Å². The van der Waals surface area contributed by atoms with E-state index in [1.54, 1.807) is 0 Å². The molecule has 1 aliphatic heterocycles. The SMILES string of the molecule is Fc1cccc(F)c1NCC1CCSC1. The van der Waals surface area contributed by atoms with Crippen molar-refractivity contribution < 1.29 is 8.78 Å². The van der Waals surface area contributed by atoms with Crippen molar-refractivity contribution in [2.24, 2.45) is 5.92 Å². The molecule has 1 nitrogen and oxygen atoms in total. The molecule has 1 aromatic carbocycles. The van der Waals surface area contributed by atoms with Gasteiger partial charge in [-0.3, -0.25) is 0 Å². The minimum absolute atomic E-state index is 0.00870. The summed E-state index contributed by atoms with van der Waals surface area (Å²) >= 11 is 1.90. The van der Waals surface area contributed by atoms with Crippen LogP contribution in [-0.2, 0) is 0 Å². The van der Waals surface area contributed by atoms with Gasteiger partial charge in [-0.05, 0) is 36.0 Å². The highest BCUT2D eigenvalue weighted by Crippen LogP contribution is 2.25. The topological polar surface area (TPSA) is 12.0 Å². The number of hydrogen-bond acceptors (Lipinski definition) is 2. The molecule has 1 aromatic rings. The van der Waals surface area contributed by atoms with Crippen LogP contribution in [0.15, 0.2) is 18.2 Å². The molecule has 82 valence electrons. The maximum atomic E-state index is 13.2. The first-order chi connectivity index (χ1) is 7.27. The average Bonchev–Trinajstić information content (AvgIpc) is 2.70. The molecule has 1 heterocycles. The summed E-state index contributed by atoms with van der Waals surface area (Å²) in [6, 6.07) is 3.92. The first kappa shape index (κ1) is 10.7. The molecule has 1 atom stereocenters. The Balaban J connectivity index is 1.97. The van der Waals surface area contributed by atoms with Gasteiger partial charge in [0.25, 0.3) is 0 Å². The second kappa shape index (κ2) is 4.84. The first-order valence-corrected chi connectivity index (χ1v) is 6.18. The maximum absolute atomic E-state index is 13.2. The van der Waals surface area contributed by atoms with Gasteiger partial charge in [-0.15, -0.1) is 0 Å². The molecule has 1 unspecified atom stereocenters. The van der Waals surface area contributed by atoms with Crippen LogP contribution in [0.3, 0.4) is 0 Å². The molecule has 2 rings (SSSR count). The summed E-state index contributed by atoms with van der Waals surface area (Å²) in [4.78, 5) is 0. The van der Waals surface area contributed by atoms with Gasteiger partial charge in [0.2, 0.25) is 0 Å². The van der Waals surface area contributed by atoms with E-state index in [0.29, 0.717) is 12.5 Å². The molecule has 15 heavy (non-hydrogen) atoms. The van der Waals surface area contributed by atoms with Crippen molar-refractivity contribution in [1.82, 2.24) is 0 Å². The third kappa shape index (κ3) is 2.62. The summed E-state index contributed by atoms with van der Waals surface area (Å²) in [6.45, 7) is 0.658. The molecule has 4 heteroatoms. The van der Waals surface area contributed by atoms with E-state index in [0.717, 1.165) is 17.9 Å². The van der Waals surface area contributed by atoms with Gasteiger partial charge in [0.05, 0.1) is 0 Å². The molecule has 0 radical (unpaired) electrons. The molecular formula is C11H13F2NS. The van der Waals surface area contributed by atoms with Crippen LogP contribution in [0.25, 0.3) is 0 Å². The Morgan fingerprint density at radius 3 is 2.67 bits per heavy atom. The number of benzene rings is 1. The molecule has 0 aliphatic carbocycles. The minimum atomic E-state index is -0.513. The molecule has 0 bridgehead atoms. The number of thioether (sulfide) groups is 1. The van der Waals surface area contributed by atoms with E-state index in [2.05, 4.69) is 5.32 Å². The smallest absolute Gasteiger partial charge is 0.149 e. The molecule has 1 saturated heterocycles. The summed E-state index contributed by atoms with van der Waals surface area (Å²) in [6.07, 6.45) is 1.13. The van der Waals surface area contributed by atoms with E-state index in [-0.39, 0.29) is 5.69 Å². The standard InChI is InChI=1S/C11H13F2NS/c12-9-2-1-3-10(13)11(9)14-6-8-4-5-15-7-8/h1-3,8,14H,4-7H2. The lowest BCUT2D eigenvalue weighted by molar-refractivity contribution is 0.577. The van der Waals surface area contributed by atoms with E-state index in [9.17, 15) is 8.78 Å². The Labute approximate surface area is 92.3 Å². The van der Waals surface area contributed by atoms with Crippen molar-refractivity contribution in [1.29, 1.82) is 0 Å². The zero-order valence-electron chi connectivity index (χ0n) is 8.30. The molecule has 1 fully saturated rings. The van der Waals surface area contributed by atoms with Crippen LogP contribution in [0.1, 0.15) is 6.42 Å². The van der Waals surface area contributed by atoms with Gasteiger partial charge in [0.15, 0.2) is 0 Å². The molecule has 0 amide bonds. The average molecular weight is 229 g/mol. The second-order valence-electron chi connectivity index (χ2n) is 3.71. The third-order valence-corrected chi connectivity index (χ3v) is 3.79. The van der Waals surface area contributed by atoms with Crippen LogP contribution >= 0.6 is 11.8 Å². The number of rotatable bonds is 3. The molecule has 0 aromatic heterocycles. The quantitative estimate of drug-likeness (QED) is 0.854. The number of nitrogens with one attached hydrogen (secondary N) is 1. The van der Waals surface area contributed by atoms with Gasteiger partial charge in [0, 0.05) is 6.54 Å². The molecule has 0 spiro atoms. The summed E-state index contributed by atoms with van der Waals surface area (Å²) in [5.74, 6) is 1.75. The van der Waals surface area contributed by atoms with E-state index < -0.39 is 11.6 Å². The summed E-state index contributed by atoms with van der Waals surface area (Å²) in [5, 5.41) is 2.86. The zero-order chi connectivity index (χ0) is 10.7. The van der Waals surface area contributed by atoms with Crippen LogP contribution in [-0.4, -0.2) is 18.1 Å². The number of anilines is 1. The second-order valence-corrected chi connectivity index (χ2v) is 4.86. The number of halogens is 2. The van der Waals surface area contributed by atoms with Gasteiger partial charge >= 0.3 is 0 Å². The van der Waals surface area contributed by atoms with E-state index in [1.165, 1.54) is 18.2 Å². The first-order valence-electron chi connectivity index (χ1n) is 5.03. The van der Waals surface area contributed by atoms with Crippen LogP contribution < -0.4 is 5.32 Å². The van der Waals surface area contributed by atoms with Crippen LogP contribution in [0.2, 0.25) is 0 Å². The lowest BCUT2D eigenvalue weighted by atomic mass is 10.1. The summed E-state index contributed by atoms with van der Waals surface area (Å²) < 4.78 is 26.4. The van der Waals surface area contributed by atoms with Gasteiger partial charge in [-0.1, -0.05) is 6.07 Å². The minimum Gasteiger partial charge on any atom is -0.380 e. The fraction of sp³-hybridized carbons (Fsp3) is 0.455. The van der Waals surface area contributed by atoms with Crippen molar-refractivity contribution >= 4 is 17.4 Å². The van der Waals surface area contributed by atoms with Crippen LogP contribution in [0.4, 0.5) is 14.5 Å². The van der Waals surface area contributed by atoms with Gasteiger partial charge in [-0.2, -0.15) is 11.8 Å². The van der Waals surface area contributed by atoms with E-state index in [4.69, 9.17) is 0 Å². The van der Waals surface area contributed by atoms with Crippen molar-refractivity contribution in [3.8, 4) is 0 Å². The predicted molar refractivity (Wildman–Crippen MR) is 60.3 cm³/mol. The maximum Gasteiger partial charge on any atom is 0.149 e. The highest BCUT2D eigenvalue weighted by Gasteiger charge is 2.16. The fourth-order valence-electron chi connectivity index (χ4n) is 1.66. The van der Waals surface area contributed by atoms with Crippen molar-refractivity contribution in [3.05, 3.63) is 29.8 Å². The van der Waals surface area contributed by atoms with Crippen molar-refractivity contribution in [3.63, 3.8) is 0 Å². The van der Waals surface area contributed by atoms with Crippen LogP contribution in [0, 0.1) is 17.6 Å². The number of para-hydroxylation sites is 1. The summed E-state index contributed by atoms with van der Waals surface area (Å²) in [5.41, 5.74) is 0.00870. The lowest BCUT2D eigenvalue weighted by Crippen LogP contribution is -2.15. The largest absolute Gasteiger partial charge is 0.380 e. The fourth-order valence-corrected chi connectivity index (χ4v) is 2.94. The Morgan fingerprint density at radius 2 is 2.07 bits per heavy atom. The third-order valence-electron chi connectivity index (χ3n) is 2.55. The zero-order valence-corrected chi connectivity index (χ0v) is 9.12.